The maximum Gasteiger partial charge on any atom is 0.336 e. The number of esters is 1. The molecule has 0 fully saturated rings. The predicted molar refractivity (Wildman–Crippen MR) is 108 cm³/mol. The van der Waals surface area contributed by atoms with Crippen LogP contribution in [-0.2, 0) is 11.2 Å². The second-order valence-electron chi connectivity index (χ2n) is 6.40. The SMILES string of the molecule is CCc1cc2c(C)cc(=O)oc2cc1OC(=O)CCCNC(=O)c1ccsc1. The number of aryl methyl sites for hydroxylation is 2. The number of hydrogen-bond acceptors (Lipinski definition) is 6. The maximum absolute atomic E-state index is 12.2. The van der Waals surface area contributed by atoms with E-state index in [2.05, 4.69) is 5.32 Å². The summed E-state index contributed by atoms with van der Waals surface area (Å²) in [6.07, 6.45) is 1.31. The lowest BCUT2D eigenvalue weighted by Crippen LogP contribution is -2.24. The van der Waals surface area contributed by atoms with Crippen LogP contribution >= 0.6 is 11.3 Å². The number of rotatable bonds is 7. The molecule has 0 saturated carbocycles. The number of carbonyl (C=O) groups is 2. The molecule has 0 saturated heterocycles. The Balaban J connectivity index is 1.61. The van der Waals surface area contributed by atoms with E-state index >= 15 is 0 Å². The summed E-state index contributed by atoms with van der Waals surface area (Å²) in [6.45, 7) is 4.19. The normalized spacial score (nSPS) is 10.8. The highest BCUT2D eigenvalue weighted by atomic mass is 32.1. The van der Waals surface area contributed by atoms with Gasteiger partial charge in [0.15, 0.2) is 0 Å². The number of ether oxygens (including phenoxy) is 1. The summed E-state index contributed by atoms with van der Waals surface area (Å²) in [5.74, 6) is -0.146. The molecule has 1 aromatic carbocycles. The molecule has 1 amide bonds. The Kier molecular flexibility index (Phi) is 6.26. The number of hydrogen-bond donors (Lipinski definition) is 1. The van der Waals surface area contributed by atoms with Crippen LogP contribution in [0, 0.1) is 6.92 Å². The van der Waals surface area contributed by atoms with Gasteiger partial charge in [-0.3, -0.25) is 9.59 Å². The summed E-state index contributed by atoms with van der Waals surface area (Å²) in [6, 6.07) is 6.67. The van der Waals surface area contributed by atoms with Crippen molar-refractivity contribution in [2.75, 3.05) is 6.54 Å². The molecule has 0 aliphatic carbocycles. The van der Waals surface area contributed by atoms with Crippen LogP contribution in [0.1, 0.15) is 41.3 Å². The molecule has 146 valence electrons. The molecule has 3 rings (SSSR count). The van der Waals surface area contributed by atoms with Crippen LogP contribution in [0.4, 0.5) is 0 Å². The Morgan fingerprint density at radius 1 is 1.25 bits per heavy atom. The minimum atomic E-state index is -0.437. The molecule has 0 radical (unpaired) electrons. The van der Waals surface area contributed by atoms with E-state index in [1.54, 1.807) is 17.5 Å². The van der Waals surface area contributed by atoms with Crippen molar-refractivity contribution in [3.63, 3.8) is 0 Å². The van der Waals surface area contributed by atoms with Gasteiger partial charge >= 0.3 is 11.6 Å². The number of fused-ring (bicyclic) bond motifs is 1. The van der Waals surface area contributed by atoms with Crippen LogP contribution in [0.3, 0.4) is 0 Å². The van der Waals surface area contributed by atoms with Gasteiger partial charge in [0, 0.05) is 41.4 Å². The molecule has 6 nitrogen and oxygen atoms in total. The third kappa shape index (κ3) is 4.67. The van der Waals surface area contributed by atoms with Gasteiger partial charge in [0.1, 0.15) is 11.3 Å². The maximum atomic E-state index is 12.2. The Morgan fingerprint density at radius 2 is 2.07 bits per heavy atom. The molecule has 0 bridgehead atoms. The Bertz CT molecular complexity index is 1050. The van der Waals surface area contributed by atoms with Crippen molar-refractivity contribution in [2.45, 2.75) is 33.1 Å². The quantitative estimate of drug-likeness (QED) is 0.282. The van der Waals surface area contributed by atoms with Crippen molar-refractivity contribution < 1.29 is 18.7 Å². The molecular formula is C21H21NO5S. The van der Waals surface area contributed by atoms with Gasteiger partial charge in [-0.25, -0.2) is 4.79 Å². The monoisotopic (exact) mass is 399 g/mol. The second-order valence-corrected chi connectivity index (χ2v) is 7.18. The van der Waals surface area contributed by atoms with Gasteiger partial charge in [0.2, 0.25) is 0 Å². The van der Waals surface area contributed by atoms with Crippen molar-refractivity contribution in [1.82, 2.24) is 5.32 Å². The first kappa shape index (κ1) is 19.8. The van der Waals surface area contributed by atoms with E-state index in [-0.39, 0.29) is 12.3 Å². The molecular weight excluding hydrogens is 378 g/mol. The van der Waals surface area contributed by atoms with E-state index in [1.807, 2.05) is 25.3 Å². The van der Waals surface area contributed by atoms with Gasteiger partial charge in [-0.15, -0.1) is 0 Å². The van der Waals surface area contributed by atoms with E-state index in [0.29, 0.717) is 36.3 Å². The van der Waals surface area contributed by atoms with Gasteiger partial charge in [-0.2, -0.15) is 11.3 Å². The molecule has 1 N–H and O–H groups in total. The Hall–Kier alpha value is -2.93. The lowest BCUT2D eigenvalue weighted by Gasteiger charge is -2.11. The summed E-state index contributed by atoms with van der Waals surface area (Å²) >= 11 is 1.46. The van der Waals surface area contributed by atoms with Gasteiger partial charge in [0.25, 0.3) is 5.91 Å². The van der Waals surface area contributed by atoms with Crippen LogP contribution in [0.5, 0.6) is 5.75 Å². The predicted octanol–water partition coefficient (Wildman–Crippen LogP) is 3.84. The lowest BCUT2D eigenvalue weighted by molar-refractivity contribution is -0.134. The fourth-order valence-electron chi connectivity index (χ4n) is 2.87. The molecule has 0 spiro atoms. The first-order valence-corrected chi connectivity index (χ1v) is 10.0. The van der Waals surface area contributed by atoms with Crippen molar-refractivity contribution in [1.29, 1.82) is 0 Å². The van der Waals surface area contributed by atoms with Crippen LogP contribution in [0.25, 0.3) is 11.0 Å². The Morgan fingerprint density at radius 3 is 2.79 bits per heavy atom. The smallest absolute Gasteiger partial charge is 0.336 e. The van der Waals surface area contributed by atoms with E-state index in [1.165, 1.54) is 17.4 Å². The number of amides is 1. The summed E-state index contributed by atoms with van der Waals surface area (Å²) < 4.78 is 10.7. The number of thiophene rings is 1. The van der Waals surface area contributed by atoms with Crippen LogP contribution in [0.2, 0.25) is 0 Å². The molecule has 0 aliphatic rings. The van der Waals surface area contributed by atoms with Crippen molar-refractivity contribution in [3.05, 3.63) is 62.1 Å². The summed E-state index contributed by atoms with van der Waals surface area (Å²) in [4.78, 5) is 35.6. The highest BCUT2D eigenvalue weighted by Crippen LogP contribution is 2.28. The third-order valence-corrected chi connectivity index (χ3v) is 5.05. The molecule has 0 atom stereocenters. The van der Waals surface area contributed by atoms with Gasteiger partial charge < -0.3 is 14.5 Å². The lowest BCUT2D eigenvalue weighted by atomic mass is 10.1. The van der Waals surface area contributed by atoms with Gasteiger partial charge in [-0.1, -0.05) is 6.92 Å². The molecule has 0 unspecified atom stereocenters. The summed E-state index contributed by atoms with van der Waals surface area (Å²) in [5, 5.41) is 7.21. The summed E-state index contributed by atoms with van der Waals surface area (Å²) in [5.41, 5.74) is 2.26. The van der Waals surface area contributed by atoms with Crippen molar-refractivity contribution >= 4 is 34.2 Å². The number of benzene rings is 1. The third-order valence-electron chi connectivity index (χ3n) is 4.36. The molecule has 28 heavy (non-hydrogen) atoms. The highest BCUT2D eigenvalue weighted by Gasteiger charge is 2.13. The first-order valence-electron chi connectivity index (χ1n) is 9.06. The van der Waals surface area contributed by atoms with Crippen molar-refractivity contribution in [2.24, 2.45) is 0 Å². The molecule has 0 aliphatic heterocycles. The molecule has 2 heterocycles. The zero-order chi connectivity index (χ0) is 20.1. The van der Waals surface area contributed by atoms with Crippen molar-refractivity contribution in [3.8, 4) is 5.75 Å². The standard InChI is InChI=1S/C21H21NO5S/c1-3-14-10-16-13(2)9-20(24)27-18(16)11-17(14)26-19(23)5-4-7-22-21(25)15-6-8-28-12-15/h6,8-12H,3-5,7H2,1-2H3,(H,22,25). The van der Waals surface area contributed by atoms with Crippen LogP contribution < -0.4 is 15.7 Å². The zero-order valence-electron chi connectivity index (χ0n) is 15.7. The topological polar surface area (TPSA) is 85.6 Å². The molecule has 2 aromatic heterocycles. The average molecular weight is 399 g/mol. The van der Waals surface area contributed by atoms with E-state index in [0.717, 1.165) is 16.5 Å². The van der Waals surface area contributed by atoms with Crippen LogP contribution in [0.15, 0.2) is 44.2 Å². The van der Waals surface area contributed by atoms with E-state index in [9.17, 15) is 14.4 Å². The van der Waals surface area contributed by atoms with E-state index < -0.39 is 11.6 Å². The fraction of sp³-hybridized carbons (Fsp3) is 0.286. The zero-order valence-corrected chi connectivity index (χ0v) is 16.6. The number of nitrogens with one attached hydrogen (secondary N) is 1. The van der Waals surface area contributed by atoms with Gasteiger partial charge in [-0.05, 0) is 48.4 Å². The molecule has 7 heteroatoms. The average Bonchev–Trinajstić information content (AvgIpc) is 3.19. The largest absolute Gasteiger partial charge is 0.426 e. The fourth-order valence-corrected chi connectivity index (χ4v) is 3.50. The van der Waals surface area contributed by atoms with Crippen LogP contribution in [-0.4, -0.2) is 18.4 Å². The minimum absolute atomic E-state index is 0.150. The summed E-state index contributed by atoms with van der Waals surface area (Å²) in [7, 11) is 0. The second kappa shape index (κ2) is 8.84. The Labute approximate surface area is 166 Å². The number of carbonyl (C=O) groups excluding carboxylic acids is 2. The van der Waals surface area contributed by atoms with E-state index in [4.69, 9.17) is 9.15 Å². The minimum Gasteiger partial charge on any atom is -0.426 e. The first-order chi connectivity index (χ1) is 13.5. The van der Waals surface area contributed by atoms with Gasteiger partial charge in [0.05, 0.1) is 0 Å². The molecule has 3 aromatic rings. The highest BCUT2D eigenvalue weighted by molar-refractivity contribution is 7.08.